The number of rotatable bonds is 0. The van der Waals surface area contributed by atoms with Gasteiger partial charge in [-0.1, -0.05) is 6.42 Å². The Morgan fingerprint density at radius 2 is 1.39 bits per heavy atom. The van der Waals surface area contributed by atoms with E-state index in [9.17, 15) is 0 Å². The van der Waals surface area contributed by atoms with Gasteiger partial charge in [-0.3, -0.25) is 0 Å². The van der Waals surface area contributed by atoms with E-state index in [1.807, 2.05) is 0 Å². The van der Waals surface area contributed by atoms with Gasteiger partial charge in [-0.2, -0.15) is 0 Å². The highest BCUT2D eigenvalue weighted by atomic mass is 35.5. The molecular formula is C16H27ClN-. The summed E-state index contributed by atoms with van der Waals surface area (Å²) in [7, 11) is 0. The number of hydrogen-bond acceptors (Lipinski definition) is 1. The molecule has 0 radical (unpaired) electrons. The van der Waals surface area contributed by atoms with Gasteiger partial charge in [0.05, 0.1) is 0 Å². The molecule has 1 spiro atoms. The van der Waals surface area contributed by atoms with Crippen molar-refractivity contribution in [1.29, 1.82) is 0 Å². The Bertz CT molecular complexity index is 286. The van der Waals surface area contributed by atoms with Crippen LogP contribution in [0.1, 0.15) is 64.2 Å². The van der Waals surface area contributed by atoms with Gasteiger partial charge < -0.3 is 18.1 Å². The summed E-state index contributed by atoms with van der Waals surface area (Å²) in [6, 6.07) is 0.520. The van der Waals surface area contributed by atoms with Crippen LogP contribution < -0.4 is 18.1 Å². The Morgan fingerprint density at radius 3 is 2.00 bits per heavy atom. The van der Waals surface area contributed by atoms with E-state index in [0.29, 0.717) is 6.04 Å². The van der Waals surface area contributed by atoms with Gasteiger partial charge in [0.1, 0.15) is 0 Å². The van der Waals surface area contributed by atoms with Crippen molar-refractivity contribution in [2.45, 2.75) is 70.3 Å². The Labute approximate surface area is 118 Å². The predicted octanol–water partition coefficient (Wildman–Crippen LogP) is 0.724. The first-order chi connectivity index (χ1) is 8.26. The molecular weight excluding hydrogens is 242 g/mol. The lowest BCUT2D eigenvalue weighted by atomic mass is 9.43. The highest BCUT2D eigenvalue weighted by molar-refractivity contribution is 5.06. The Balaban J connectivity index is 0.000001000. The molecule has 0 aliphatic heterocycles. The third kappa shape index (κ3) is 1.85. The second kappa shape index (κ2) is 4.66. The summed E-state index contributed by atoms with van der Waals surface area (Å²) in [6.07, 6.45) is 15.0. The molecule has 0 amide bonds. The molecule has 0 heterocycles. The van der Waals surface area contributed by atoms with Gasteiger partial charge >= 0.3 is 0 Å². The van der Waals surface area contributed by atoms with Crippen LogP contribution in [0, 0.1) is 29.1 Å². The summed E-state index contributed by atoms with van der Waals surface area (Å²) in [6.45, 7) is 0. The monoisotopic (exact) mass is 268 g/mol. The molecule has 5 rings (SSSR count). The maximum Gasteiger partial charge on any atom is 0.00390 e. The maximum atomic E-state index is 6.21. The van der Waals surface area contributed by atoms with Gasteiger partial charge in [0, 0.05) is 6.04 Å². The van der Waals surface area contributed by atoms with E-state index in [0.717, 1.165) is 29.1 Å². The van der Waals surface area contributed by atoms with Crippen molar-refractivity contribution in [2.24, 2.45) is 34.8 Å². The zero-order valence-electron chi connectivity index (χ0n) is 11.4. The molecule has 5 saturated carbocycles. The summed E-state index contributed by atoms with van der Waals surface area (Å²) in [4.78, 5) is 0. The molecule has 0 aromatic carbocycles. The van der Waals surface area contributed by atoms with E-state index in [1.54, 1.807) is 32.1 Å². The first-order valence-electron chi connectivity index (χ1n) is 8.02. The van der Waals surface area contributed by atoms with Gasteiger partial charge in [0.15, 0.2) is 0 Å². The smallest absolute Gasteiger partial charge is 0.00390 e. The fourth-order valence-electron chi connectivity index (χ4n) is 6.36. The Morgan fingerprint density at radius 1 is 0.778 bits per heavy atom. The topological polar surface area (TPSA) is 26.0 Å². The van der Waals surface area contributed by atoms with Crippen LogP contribution in [0.2, 0.25) is 0 Å². The second-order valence-corrected chi connectivity index (χ2v) is 7.73. The number of hydrogen-bond donors (Lipinski definition) is 1. The average Bonchev–Trinajstić information content (AvgIpc) is 2.49. The van der Waals surface area contributed by atoms with E-state index >= 15 is 0 Å². The second-order valence-electron chi connectivity index (χ2n) is 7.73. The molecule has 1 atom stereocenters. The SMILES string of the molecule is NC1CCCC2(CC1)C1CC3CC(C1)CC2C3.[Cl-]. The zero-order valence-corrected chi connectivity index (χ0v) is 12.2. The molecule has 0 aromatic rings. The number of halogens is 1. The van der Waals surface area contributed by atoms with Crippen molar-refractivity contribution in [3.63, 3.8) is 0 Å². The van der Waals surface area contributed by atoms with Crippen molar-refractivity contribution in [3.8, 4) is 0 Å². The lowest BCUT2D eigenvalue weighted by Gasteiger charge is -2.62. The molecule has 0 aromatic heterocycles. The minimum absolute atomic E-state index is 0. The zero-order chi connectivity index (χ0) is 11.5. The summed E-state index contributed by atoms with van der Waals surface area (Å²) >= 11 is 0. The fraction of sp³-hybridized carbons (Fsp3) is 1.00. The standard InChI is InChI=1S/C16H27N.ClH/c17-15-2-1-4-16(5-3-15)13-7-11-6-12(9-13)10-14(16)8-11;/h11-15H,1-10,17H2;1H/p-1. The van der Waals surface area contributed by atoms with E-state index in [1.165, 1.54) is 32.1 Å². The van der Waals surface area contributed by atoms with Crippen LogP contribution in [-0.2, 0) is 0 Å². The largest absolute Gasteiger partial charge is 1.00 e. The van der Waals surface area contributed by atoms with Crippen molar-refractivity contribution in [1.82, 2.24) is 0 Å². The van der Waals surface area contributed by atoms with Crippen LogP contribution in [0.15, 0.2) is 0 Å². The van der Waals surface area contributed by atoms with Crippen LogP contribution in [0.25, 0.3) is 0 Å². The Kier molecular flexibility index (Phi) is 3.43. The first kappa shape index (κ1) is 13.2. The number of nitrogens with two attached hydrogens (primary N) is 1. The fourth-order valence-corrected chi connectivity index (χ4v) is 6.36. The van der Waals surface area contributed by atoms with E-state index in [4.69, 9.17) is 5.73 Å². The molecule has 0 saturated heterocycles. The third-order valence-corrected chi connectivity index (χ3v) is 6.96. The van der Waals surface area contributed by atoms with Crippen LogP contribution in [0.3, 0.4) is 0 Å². The van der Waals surface area contributed by atoms with Crippen LogP contribution in [0.4, 0.5) is 0 Å². The van der Waals surface area contributed by atoms with Gasteiger partial charge in [-0.05, 0) is 86.9 Å². The van der Waals surface area contributed by atoms with Gasteiger partial charge in [-0.25, -0.2) is 0 Å². The molecule has 2 heteroatoms. The maximum absolute atomic E-state index is 6.21. The van der Waals surface area contributed by atoms with E-state index in [-0.39, 0.29) is 12.4 Å². The van der Waals surface area contributed by atoms with Crippen molar-refractivity contribution < 1.29 is 12.4 Å². The third-order valence-electron chi connectivity index (χ3n) is 6.96. The van der Waals surface area contributed by atoms with Crippen molar-refractivity contribution in [3.05, 3.63) is 0 Å². The minimum Gasteiger partial charge on any atom is -1.00 e. The van der Waals surface area contributed by atoms with Gasteiger partial charge in [0.2, 0.25) is 0 Å². The lowest BCUT2D eigenvalue weighted by Crippen LogP contribution is -3.00. The van der Waals surface area contributed by atoms with Crippen LogP contribution in [-0.4, -0.2) is 6.04 Å². The molecule has 2 N–H and O–H groups in total. The molecule has 5 fully saturated rings. The van der Waals surface area contributed by atoms with Crippen LogP contribution in [0.5, 0.6) is 0 Å². The summed E-state index contributed by atoms with van der Waals surface area (Å²) in [5.41, 5.74) is 6.98. The van der Waals surface area contributed by atoms with Crippen LogP contribution >= 0.6 is 0 Å². The molecule has 18 heavy (non-hydrogen) atoms. The summed E-state index contributed by atoms with van der Waals surface area (Å²) < 4.78 is 0. The highest BCUT2D eigenvalue weighted by Crippen LogP contribution is 2.65. The normalized spacial score (nSPS) is 54.2. The van der Waals surface area contributed by atoms with Gasteiger partial charge in [0.25, 0.3) is 0 Å². The molecule has 1 nitrogen and oxygen atoms in total. The van der Waals surface area contributed by atoms with E-state index < -0.39 is 0 Å². The molecule has 5 aliphatic carbocycles. The molecule has 4 bridgehead atoms. The quantitative estimate of drug-likeness (QED) is 0.689. The Hall–Kier alpha value is 0.250. The summed E-state index contributed by atoms with van der Waals surface area (Å²) in [5, 5.41) is 0. The van der Waals surface area contributed by atoms with Gasteiger partial charge in [-0.15, -0.1) is 0 Å². The summed E-state index contributed by atoms with van der Waals surface area (Å²) in [5.74, 6) is 4.45. The average molecular weight is 269 g/mol. The highest BCUT2D eigenvalue weighted by Gasteiger charge is 2.56. The molecule has 1 unspecified atom stereocenters. The lowest BCUT2D eigenvalue weighted by molar-refractivity contribution is -0.117. The minimum atomic E-state index is 0. The van der Waals surface area contributed by atoms with Crippen molar-refractivity contribution in [2.75, 3.05) is 0 Å². The van der Waals surface area contributed by atoms with Crippen molar-refractivity contribution >= 4 is 0 Å². The predicted molar refractivity (Wildman–Crippen MR) is 70.5 cm³/mol. The molecule has 104 valence electrons. The first-order valence-corrected chi connectivity index (χ1v) is 8.02. The molecule has 5 aliphatic rings. The van der Waals surface area contributed by atoms with E-state index in [2.05, 4.69) is 0 Å².